The predicted octanol–water partition coefficient (Wildman–Crippen LogP) is 1.79. The van der Waals surface area contributed by atoms with Crippen molar-refractivity contribution in [2.24, 2.45) is 0 Å². The van der Waals surface area contributed by atoms with E-state index < -0.39 is 38.0 Å². The molecule has 0 fully saturated rings. The molecule has 0 aliphatic heterocycles. The van der Waals surface area contributed by atoms with Crippen molar-refractivity contribution in [3.05, 3.63) is 83.4 Å². The molecule has 0 bridgehead atoms. The van der Waals surface area contributed by atoms with Crippen molar-refractivity contribution >= 4 is 28.9 Å². The number of nitro benzene ring substituents is 3. The largest absolute Gasteiger partial charge is 0.279 e. The molecule has 2 aromatic carbocycles. The summed E-state index contributed by atoms with van der Waals surface area (Å²) in [6, 6.07) is 6.05. The molecule has 0 aliphatic carbocycles. The fourth-order valence-corrected chi connectivity index (χ4v) is 2.20. The average Bonchev–Trinajstić information content (AvgIpc) is 2.65. The molecule has 2 rings (SSSR count). The van der Waals surface area contributed by atoms with E-state index >= 15 is 0 Å². The second-order valence-electron chi connectivity index (χ2n) is 5.36. The molecular formula is C15H11N5O8. The van der Waals surface area contributed by atoms with Crippen molar-refractivity contribution in [3.8, 4) is 0 Å². The number of non-ortho nitro benzene ring substituents is 2. The molecule has 0 radical (unpaired) electrons. The Labute approximate surface area is 155 Å². The zero-order valence-electron chi connectivity index (χ0n) is 14.1. The second kappa shape index (κ2) is 7.86. The van der Waals surface area contributed by atoms with Crippen LogP contribution >= 0.6 is 0 Å². The fourth-order valence-electron chi connectivity index (χ4n) is 2.20. The van der Waals surface area contributed by atoms with Crippen LogP contribution in [-0.4, -0.2) is 26.6 Å². The van der Waals surface area contributed by atoms with E-state index in [9.17, 15) is 39.9 Å². The summed E-state index contributed by atoms with van der Waals surface area (Å²) in [5.41, 5.74) is 1.99. The van der Waals surface area contributed by atoms with Gasteiger partial charge in [-0.15, -0.1) is 0 Å². The summed E-state index contributed by atoms with van der Waals surface area (Å²) in [6.07, 6.45) is 0. The number of hydrogen-bond donors (Lipinski definition) is 2. The van der Waals surface area contributed by atoms with Crippen LogP contribution in [0.1, 0.15) is 26.3 Å². The number of nitro groups is 3. The number of nitrogens with zero attached hydrogens (tertiary/aromatic N) is 3. The van der Waals surface area contributed by atoms with E-state index in [-0.39, 0.29) is 22.4 Å². The van der Waals surface area contributed by atoms with Gasteiger partial charge in [0.25, 0.3) is 28.9 Å². The molecule has 0 aliphatic rings. The van der Waals surface area contributed by atoms with E-state index in [0.717, 1.165) is 36.4 Å². The maximum Gasteiger partial charge on any atom is 0.279 e. The first-order chi connectivity index (χ1) is 13.1. The SMILES string of the molecule is Cc1c(C(=O)NNC(=O)c2ccc([N+](=O)[O-])cc2)cc([N+](=O)[O-])cc1[N+](=O)[O-]. The van der Waals surface area contributed by atoms with E-state index in [1.165, 1.54) is 6.92 Å². The van der Waals surface area contributed by atoms with Gasteiger partial charge in [-0.3, -0.25) is 50.8 Å². The fraction of sp³-hybridized carbons (Fsp3) is 0.0667. The summed E-state index contributed by atoms with van der Waals surface area (Å²) < 4.78 is 0. The quantitative estimate of drug-likeness (QED) is 0.571. The van der Waals surface area contributed by atoms with Crippen molar-refractivity contribution in [2.75, 3.05) is 0 Å². The standard InChI is InChI=1S/C15H11N5O8/c1-8-12(6-11(19(25)26)7-13(8)20(27)28)15(22)17-16-14(21)9-2-4-10(5-3-9)18(23)24/h2-7H,1H3,(H,16,21)(H,17,22). The van der Waals surface area contributed by atoms with E-state index in [2.05, 4.69) is 0 Å². The van der Waals surface area contributed by atoms with Gasteiger partial charge in [-0.2, -0.15) is 0 Å². The first-order valence-corrected chi connectivity index (χ1v) is 7.40. The van der Waals surface area contributed by atoms with Crippen LogP contribution in [-0.2, 0) is 0 Å². The van der Waals surface area contributed by atoms with Gasteiger partial charge in [-0.05, 0) is 19.1 Å². The number of carbonyl (C=O) groups excluding carboxylic acids is 2. The van der Waals surface area contributed by atoms with Gasteiger partial charge in [0.15, 0.2) is 0 Å². The maximum absolute atomic E-state index is 12.2. The monoisotopic (exact) mass is 389 g/mol. The molecule has 13 nitrogen and oxygen atoms in total. The third kappa shape index (κ3) is 4.21. The molecule has 0 unspecified atom stereocenters. The second-order valence-corrected chi connectivity index (χ2v) is 5.36. The number of benzene rings is 2. The Hall–Kier alpha value is -4.42. The molecule has 2 aromatic rings. The van der Waals surface area contributed by atoms with Gasteiger partial charge in [0, 0.05) is 29.3 Å². The number of carbonyl (C=O) groups is 2. The summed E-state index contributed by atoms with van der Waals surface area (Å²) in [5.74, 6) is -1.83. The Balaban J connectivity index is 2.20. The lowest BCUT2D eigenvalue weighted by atomic mass is 10.1. The van der Waals surface area contributed by atoms with Crippen LogP contribution in [0.3, 0.4) is 0 Å². The minimum Gasteiger partial charge on any atom is -0.267 e. The van der Waals surface area contributed by atoms with Crippen LogP contribution in [0.2, 0.25) is 0 Å². The highest BCUT2D eigenvalue weighted by Gasteiger charge is 2.25. The maximum atomic E-state index is 12.2. The van der Waals surface area contributed by atoms with Crippen LogP contribution in [0.5, 0.6) is 0 Å². The first-order valence-electron chi connectivity index (χ1n) is 7.40. The van der Waals surface area contributed by atoms with E-state index in [1.54, 1.807) is 0 Å². The van der Waals surface area contributed by atoms with Crippen molar-refractivity contribution in [3.63, 3.8) is 0 Å². The molecule has 0 heterocycles. The minimum absolute atomic E-state index is 0.00681. The summed E-state index contributed by atoms with van der Waals surface area (Å²) in [5, 5.41) is 32.5. The lowest BCUT2D eigenvalue weighted by Gasteiger charge is -2.09. The van der Waals surface area contributed by atoms with E-state index in [0.29, 0.717) is 0 Å². The third-order valence-electron chi connectivity index (χ3n) is 3.65. The normalized spacial score (nSPS) is 10.0. The van der Waals surface area contributed by atoms with Gasteiger partial charge in [-0.25, -0.2) is 0 Å². The van der Waals surface area contributed by atoms with E-state index in [4.69, 9.17) is 0 Å². The number of hydrogen-bond acceptors (Lipinski definition) is 8. The Morgan fingerprint density at radius 2 is 1.32 bits per heavy atom. The summed E-state index contributed by atoms with van der Waals surface area (Å²) in [4.78, 5) is 54.4. The topological polar surface area (TPSA) is 188 Å². The van der Waals surface area contributed by atoms with Gasteiger partial charge in [0.2, 0.25) is 0 Å². The summed E-state index contributed by atoms with van der Waals surface area (Å²) >= 11 is 0. The van der Waals surface area contributed by atoms with Crippen LogP contribution in [0.25, 0.3) is 0 Å². The lowest BCUT2D eigenvalue weighted by molar-refractivity contribution is -0.394. The zero-order chi connectivity index (χ0) is 21.0. The van der Waals surface area contributed by atoms with Crippen molar-refractivity contribution in [2.45, 2.75) is 6.92 Å². The van der Waals surface area contributed by atoms with Crippen molar-refractivity contribution < 1.29 is 24.4 Å². The van der Waals surface area contributed by atoms with Gasteiger partial charge in [0.05, 0.1) is 26.4 Å². The number of hydrazine groups is 1. The molecule has 0 atom stereocenters. The Bertz CT molecular complexity index is 1000. The first kappa shape index (κ1) is 19.9. The molecule has 0 spiro atoms. The highest BCUT2D eigenvalue weighted by Crippen LogP contribution is 2.27. The zero-order valence-corrected chi connectivity index (χ0v) is 14.1. The number of rotatable bonds is 5. The number of nitrogens with one attached hydrogen (secondary N) is 2. The minimum atomic E-state index is -1.01. The molecule has 2 N–H and O–H groups in total. The Morgan fingerprint density at radius 1 is 0.786 bits per heavy atom. The average molecular weight is 389 g/mol. The van der Waals surface area contributed by atoms with Crippen LogP contribution in [0.15, 0.2) is 36.4 Å². The molecule has 28 heavy (non-hydrogen) atoms. The van der Waals surface area contributed by atoms with Crippen LogP contribution < -0.4 is 10.9 Å². The smallest absolute Gasteiger partial charge is 0.267 e. The van der Waals surface area contributed by atoms with Gasteiger partial charge in [-0.1, -0.05) is 0 Å². The summed E-state index contributed by atoms with van der Waals surface area (Å²) in [6.45, 7) is 1.23. The molecule has 2 amide bonds. The van der Waals surface area contributed by atoms with E-state index in [1.807, 2.05) is 10.9 Å². The van der Waals surface area contributed by atoms with Gasteiger partial charge in [0.1, 0.15) is 0 Å². The predicted molar refractivity (Wildman–Crippen MR) is 92.5 cm³/mol. The molecule has 0 aromatic heterocycles. The number of amides is 2. The van der Waals surface area contributed by atoms with Gasteiger partial charge < -0.3 is 0 Å². The molecular weight excluding hydrogens is 378 g/mol. The van der Waals surface area contributed by atoms with Crippen LogP contribution in [0, 0.1) is 37.3 Å². The highest BCUT2D eigenvalue weighted by atomic mass is 16.6. The summed E-state index contributed by atoms with van der Waals surface area (Å²) in [7, 11) is 0. The van der Waals surface area contributed by atoms with Crippen molar-refractivity contribution in [1.29, 1.82) is 0 Å². The molecule has 0 saturated carbocycles. The third-order valence-corrected chi connectivity index (χ3v) is 3.65. The van der Waals surface area contributed by atoms with Gasteiger partial charge >= 0.3 is 0 Å². The molecule has 144 valence electrons. The lowest BCUT2D eigenvalue weighted by Crippen LogP contribution is -2.41. The Kier molecular flexibility index (Phi) is 5.58. The Morgan fingerprint density at radius 3 is 1.82 bits per heavy atom. The highest BCUT2D eigenvalue weighted by molar-refractivity contribution is 6.00. The van der Waals surface area contributed by atoms with Crippen LogP contribution in [0.4, 0.5) is 17.1 Å². The molecule has 0 saturated heterocycles. The molecule has 13 heteroatoms. The van der Waals surface area contributed by atoms with Crippen molar-refractivity contribution in [1.82, 2.24) is 10.9 Å².